The molecule has 1 aliphatic heterocycles. The van der Waals surface area contributed by atoms with E-state index in [4.69, 9.17) is 18.0 Å². The van der Waals surface area contributed by atoms with Crippen molar-refractivity contribution in [1.82, 2.24) is 20.0 Å². The predicted molar refractivity (Wildman–Crippen MR) is 108 cm³/mol. The molecule has 3 heterocycles. The van der Waals surface area contributed by atoms with Crippen LogP contribution in [-0.2, 0) is 19.1 Å². The summed E-state index contributed by atoms with van der Waals surface area (Å²) in [6.45, 7) is 0.331. The molecule has 7 nitrogen and oxygen atoms in total. The Morgan fingerprint density at radius 2 is 2.00 bits per heavy atom. The Morgan fingerprint density at radius 1 is 1.25 bits per heavy atom. The van der Waals surface area contributed by atoms with E-state index in [0.717, 1.165) is 12.1 Å². The number of benzene rings is 1. The Labute approximate surface area is 182 Å². The summed E-state index contributed by atoms with van der Waals surface area (Å²) in [4.78, 5) is 26.0. The molecular formula is C20H14ClF4N5O2. The number of H-pyrrole nitrogens is 2. The fourth-order valence-electron chi connectivity index (χ4n) is 3.80. The summed E-state index contributed by atoms with van der Waals surface area (Å²) in [6, 6.07) is 0.897. The number of aromatic nitrogens is 4. The quantitative estimate of drug-likeness (QED) is 0.458. The molecule has 1 atom stereocenters. The lowest BCUT2D eigenvalue weighted by Crippen LogP contribution is -2.34. The van der Waals surface area contributed by atoms with E-state index in [-0.39, 0.29) is 29.1 Å². The minimum Gasteiger partial charge on any atom is -0.364 e. The second-order valence-electron chi connectivity index (χ2n) is 7.10. The van der Waals surface area contributed by atoms with Crippen molar-refractivity contribution >= 4 is 17.3 Å². The van der Waals surface area contributed by atoms with Gasteiger partial charge in [-0.3, -0.25) is 19.4 Å². The van der Waals surface area contributed by atoms with E-state index >= 15 is 0 Å². The molecular weight excluding hydrogens is 454 g/mol. The number of fused-ring (bicyclic) bond motifs is 1. The molecule has 0 saturated heterocycles. The van der Waals surface area contributed by atoms with Gasteiger partial charge in [0.05, 0.1) is 29.6 Å². The van der Waals surface area contributed by atoms with Gasteiger partial charge in [-0.05, 0) is 12.1 Å². The summed E-state index contributed by atoms with van der Waals surface area (Å²) in [5.41, 5.74) is -1.72. The van der Waals surface area contributed by atoms with E-state index in [0.29, 0.717) is 24.0 Å². The summed E-state index contributed by atoms with van der Waals surface area (Å²) in [5, 5.41) is 8.32. The Balaban J connectivity index is 1.78. The summed E-state index contributed by atoms with van der Waals surface area (Å²) >= 11 is 6.04. The largest absolute Gasteiger partial charge is 0.416 e. The Bertz CT molecular complexity index is 1350. The lowest BCUT2D eigenvalue weighted by molar-refractivity contribution is -0.138. The molecule has 0 bridgehead atoms. The zero-order valence-electron chi connectivity index (χ0n) is 16.1. The number of aromatic amines is 2. The normalized spacial score (nSPS) is 14.7. The van der Waals surface area contributed by atoms with Gasteiger partial charge in [-0.15, -0.1) is 6.42 Å². The number of nitrogens with zero attached hydrogens (tertiary/aromatic N) is 3. The Morgan fingerprint density at radius 3 is 2.69 bits per heavy atom. The number of hydrogen-bond donors (Lipinski definition) is 2. The number of alkyl halides is 3. The van der Waals surface area contributed by atoms with Crippen molar-refractivity contribution in [3.05, 3.63) is 78.3 Å². The average Bonchev–Trinajstić information content (AvgIpc) is 3.06. The van der Waals surface area contributed by atoms with E-state index in [1.807, 2.05) is 0 Å². The summed E-state index contributed by atoms with van der Waals surface area (Å²) in [5.74, 6) is 1.21. The van der Waals surface area contributed by atoms with Gasteiger partial charge in [0.15, 0.2) is 0 Å². The fourth-order valence-corrected chi connectivity index (χ4v) is 4.01. The maximum atomic E-state index is 13.5. The first-order chi connectivity index (χ1) is 15.1. The molecule has 1 aliphatic rings. The van der Waals surface area contributed by atoms with Crippen LogP contribution in [0, 0.1) is 18.2 Å². The van der Waals surface area contributed by atoms with E-state index in [9.17, 15) is 27.2 Å². The van der Waals surface area contributed by atoms with Crippen LogP contribution in [0.2, 0.25) is 5.02 Å². The van der Waals surface area contributed by atoms with Gasteiger partial charge in [0.25, 0.3) is 11.1 Å². The molecule has 2 aromatic heterocycles. The second-order valence-corrected chi connectivity index (χ2v) is 7.48. The molecule has 4 rings (SSSR count). The third kappa shape index (κ3) is 3.67. The van der Waals surface area contributed by atoms with Gasteiger partial charge in [0.1, 0.15) is 16.9 Å². The highest BCUT2D eigenvalue weighted by molar-refractivity contribution is 6.33. The zero-order chi connectivity index (χ0) is 23.2. The van der Waals surface area contributed by atoms with Crippen LogP contribution in [0.1, 0.15) is 28.4 Å². The number of terminal acetylenes is 1. The van der Waals surface area contributed by atoms with Crippen LogP contribution >= 0.6 is 11.6 Å². The van der Waals surface area contributed by atoms with Gasteiger partial charge in [-0.25, -0.2) is 9.49 Å². The first-order valence-corrected chi connectivity index (χ1v) is 9.62. The summed E-state index contributed by atoms with van der Waals surface area (Å²) in [7, 11) is 0. The van der Waals surface area contributed by atoms with Crippen LogP contribution in [0.3, 0.4) is 0 Å². The molecule has 0 saturated carbocycles. The Kier molecular flexibility index (Phi) is 5.34. The maximum absolute atomic E-state index is 13.5. The highest BCUT2D eigenvalue weighted by atomic mass is 35.5. The minimum absolute atomic E-state index is 0.0371. The number of halogens is 5. The van der Waals surface area contributed by atoms with Crippen LogP contribution in [0.5, 0.6) is 0 Å². The van der Waals surface area contributed by atoms with E-state index in [2.05, 4.69) is 21.2 Å². The van der Waals surface area contributed by atoms with Crippen molar-refractivity contribution in [3.8, 4) is 12.3 Å². The van der Waals surface area contributed by atoms with Crippen molar-refractivity contribution in [2.75, 3.05) is 11.4 Å². The summed E-state index contributed by atoms with van der Waals surface area (Å²) < 4.78 is 55.3. The van der Waals surface area contributed by atoms with Crippen molar-refractivity contribution in [1.29, 1.82) is 0 Å². The first kappa shape index (κ1) is 21.7. The van der Waals surface area contributed by atoms with Crippen LogP contribution in [0.4, 0.5) is 23.2 Å². The maximum Gasteiger partial charge on any atom is 0.416 e. The molecule has 0 spiro atoms. The van der Waals surface area contributed by atoms with Crippen LogP contribution in [-0.4, -0.2) is 26.5 Å². The highest BCUT2D eigenvalue weighted by Crippen LogP contribution is 2.37. The third-order valence-corrected chi connectivity index (χ3v) is 5.62. The third-order valence-electron chi connectivity index (χ3n) is 5.25. The number of rotatable bonds is 3. The van der Waals surface area contributed by atoms with E-state index < -0.39 is 34.7 Å². The van der Waals surface area contributed by atoms with Crippen molar-refractivity contribution in [2.24, 2.45) is 0 Å². The molecule has 166 valence electrons. The number of anilines is 1. The molecule has 0 radical (unpaired) electrons. The SMILES string of the molecule is C#C[C@H](c1ccc(F)cc1C(F)(F)F)n1[nH]c(=O)c2c1CCN(c1cn[nH]c(=O)c1Cl)C2. The van der Waals surface area contributed by atoms with E-state index in [1.54, 1.807) is 4.90 Å². The highest BCUT2D eigenvalue weighted by Gasteiger charge is 2.37. The van der Waals surface area contributed by atoms with Crippen LogP contribution in [0.15, 0.2) is 34.0 Å². The molecule has 0 aliphatic carbocycles. The first-order valence-electron chi connectivity index (χ1n) is 9.25. The van der Waals surface area contributed by atoms with Crippen molar-refractivity contribution in [3.63, 3.8) is 0 Å². The minimum atomic E-state index is -4.85. The fraction of sp³-hybridized carbons (Fsp3) is 0.250. The molecule has 0 unspecified atom stereocenters. The van der Waals surface area contributed by atoms with Gasteiger partial charge in [0.2, 0.25) is 0 Å². The van der Waals surface area contributed by atoms with Gasteiger partial charge in [0, 0.05) is 24.2 Å². The molecule has 32 heavy (non-hydrogen) atoms. The molecule has 0 fully saturated rings. The van der Waals surface area contributed by atoms with Gasteiger partial charge in [-0.2, -0.15) is 18.3 Å². The van der Waals surface area contributed by atoms with Gasteiger partial charge in [-0.1, -0.05) is 23.6 Å². The van der Waals surface area contributed by atoms with Crippen LogP contribution < -0.4 is 16.0 Å². The Hall–Kier alpha value is -3.52. The molecule has 2 N–H and O–H groups in total. The molecule has 0 amide bonds. The monoisotopic (exact) mass is 467 g/mol. The lowest BCUT2D eigenvalue weighted by Gasteiger charge is -2.30. The van der Waals surface area contributed by atoms with Crippen LogP contribution in [0.25, 0.3) is 0 Å². The molecule has 1 aromatic carbocycles. The van der Waals surface area contributed by atoms with Crippen molar-refractivity contribution < 1.29 is 17.6 Å². The average molecular weight is 468 g/mol. The van der Waals surface area contributed by atoms with Gasteiger partial charge < -0.3 is 4.90 Å². The standard InChI is InChI=1S/C20H14ClF4N5O2/c1-2-14(11-4-3-10(22)7-13(11)20(23,24)25)30-15-5-6-29(9-12(15)18(31)28-30)16-8-26-27-19(32)17(16)21/h1,3-4,7-8,14H,5-6,9H2,(H,27,32)(H,28,31)/t14-/m1/s1. The summed E-state index contributed by atoms with van der Waals surface area (Å²) in [6.07, 6.45) is 2.28. The van der Waals surface area contributed by atoms with E-state index in [1.165, 1.54) is 10.9 Å². The van der Waals surface area contributed by atoms with Crippen molar-refractivity contribution in [2.45, 2.75) is 25.2 Å². The second kappa shape index (κ2) is 7.87. The molecule has 12 heteroatoms. The topological polar surface area (TPSA) is 86.8 Å². The molecule has 3 aromatic rings. The zero-order valence-corrected chi connectivity index (χ0v) is 16.9. The number of hydrogen-bond acceptors (Lipinski definition) is 4. The lowest BCUT2D eigenvalue weighted by atomic mass is 9.99. The van der Waals surface area contributed by atoms with Gasteiger partial charge >= 0.3 is 6.18 Å². The smallest absolute Gasteiger partial charge is 0.364 e. The predicted octanol–water partition coefficient (Wildman–Crippen LogP) is 2.86. The number of nitrogens with one attached hydrogen (secondary N) is 2.